The lowest BCUT2D eigenvalue weighted by Crippen LogP contribution is -2.37. The van der Waals surface area contributed by atoms with Crippen LogP contribution in [0.2, 0.25) is 25.7 Å². The molecule has 0 unspecified atom stereocenters. The molecule has 32 nitrogen and oxygen atoms in total. The standard InChI is InChI=1S/C22H20N4O4.C18H24N4OSi.C12H8N4O2.C9H12O3.C6H5NO2.C5H7N3.2CO2/c1-28-17-11-10-15(18(29-2)19(17)30-3)22(27)24-14-8-6-13(7-9-14)20-25-16-5-4-12-23-21(16)26-20;1-24(2,3)12-11-23-13-22-17(14-6-8-15(19)9-7-14)21-16-5-4-10-20-18(16)22;17-16(18)9-5-3-8(4-6-9)11-14-10-2-1-7-13-12(10)15-11;1-10-7-5-4-6-8(11-2)9(7)12-3;8-7(9)6-4-2-1-3-5-6;6-4-2-1-3-8-5(4)7;2*2-1-3/h4-12H,1-3H3,(H,24,27)(H,23,25,26);4-10H,11-13H2,1-3H3,(H2,19,21);1-7H,(H,13,14,15);4-6H,1-3H3;1-5H;1-3H,6H2,(H2,7,8);;/p+2. The first-order chi connectivity index (χ1) is 51.6. The number of carbonyl (C=O) groups excluding carboxylic acids is 5. The van der Waals surface area contributed by atoms with Gasteiger partial charge in [-0.3, -0.25) is 30.0 Å². The third kappa shape index (κ3) is 24.2. The van der Waals surface area contributed by atoms with Crippen molar-refractivity contribution in [1.82, 2.24) is 39.9 Å². The number of methoxy groups -OCH3 is 6. The van der Waals surface area contributed by atoms with Gasteiger partial charge in [-0.25, -0.2) is 24.5 Å². The first kappa shape index (κ1) is 81.7. The number of nitro benzene ring substituents is 2. The van der Waals surface area contributed by atoms with Gasteiger partial charge in [-0.05, 0) is 144 Å². The number of anilines is 4. The van der Waals surface area contributed by atoms with Gasteiger partial charge < -0.3 is 65.6 Å². The minimum Gasteiger partial charge on any atom is -0.493 e. The predicted octanol–water partition coefficient (Wildman–Crippen LogP) is 11.7. The normalized spacial score (nSPS) is 10.1. The van der Waals surface area contributed by atoms with Gasteiger partial charge in [0.25, 0.3) is 23.1 Å². The van der Waals surface area contributed by atoms with Gasteiger partial charge in [0.05, 0.1) is 75.5 Å². The van der Waals surface area contributed by atoms with Crippen molar-refractivity contribution in [2.75, 3.05) is 71.8 Å². The van der Waals surface area contributed by atoms with Crippen LogP contribution in [0.4, 0.5) is 34.3 Å². The maximum atomic E-state index is 12.8. The summed E-state index contributed by atoms with van der Waals surface area (Å²) < 4.78 is 39.3. The van der Waals surface area contributed by atoms with Crippen molar-refractivity contribution in [2.24, 2.45) is 0 Å². The van der Waals surface area contributed by atoms with Crippen LogP contribution < -0.4 is 60.5 Å². The molecule has 6 aromatic carbocycles. The van der Waals surface area contributed by atoms with Crippen molar-refractivity contribution in [3.8, 4) is 68.7 Å². The van der Waals surface area contributed by atoms with E-state index in [1.807, 2.05) is 116 Å². The Hall–Kier alpha value is -14.3. The second kappa shape index (κ2) is 41.6. The van der Waals surface area contributed by atoms with Gasteiger partial charge in [-0.15, -0.1) is 4.98 Å². The smallest absolute Gasteiger partial charge is 0.373 e. The van der Waals surface area contributed by atoms with Crippen LogP contribution in [0.3, 0.4) is 0 Å². The number of nitrogen functional groups attached to an aromatic ring is 3. The third-order valence-corrected chi connectivity index (χ3v) is 16.4. The van der Waals surface area contributed by atoms with Crippen LogP contribution >= 0.6 is 0 Å². The number of fused-ring (bicyclic) bond motifs is 3. The minimum absolute atomic E-state index is 0.0630. The molecular weight excluding hydrogens is 1400 g/mol. The van der Waals surface area contributed by atoms with E-state index >= 15 is 0 Å². The highest BCUT2D eigenvalue weighted by atomic mass is 28.3. The number of hydrogen-bond donors (Lipinski definition) is 7. The molecule has 0 bridgehead atoms. The molecule has 0 radical (unpaired) electrons. The maximum Gasteiger partial charge on any atom is 0.373 e. The van der Waals surface area contributed by atoms with Gasteiger partial charge in [-0.2, -0.15) is 19.2 Å². The zero-order valence-corrected chi connectivity index (χ0v) is 60.6. The average molecular weight is 1480 g/mol. The Kier molecular flexibility index (Phi) is 31.8. The summed E-state index contributed by atoms with van der Waals surface area (Å²) in [5.41, 5.74) is 26.7. The number of non-ortho nitro benzene ring substituents is 2. The van der Waals surface area contributed by atoms with Crippen molar-refractivity contribution in [2.45, 2.75) is 32.4 Å². The Morgan fingerprint density at radius 2 is 1.07 bits per heavy atom. The number of benzene rings is 6. The lowest BCUT2D eigenvalue weighted by Gasteiger charge is -2.15. The number of aromatic amines is 4. The monoisotopic (exact) mass is 1470 g/mol. The molecule has 7 aromatic heterocycles. The van der Waals surface area contributed by atoms with Gasteiger partial charge in [-0.1, -0.05) is 43.9 Å². The van der Waals surface area contributed by atoms with Crippen LogP contribution in [0.25, 0.3) is 67.7 Å². The lowest BCUT2D eigenvalue weighted by atomic mass is 10.1. The molecule has 0 saturated heterocycles. The highest BCUT2D eigenvalue weighted by Crippen LogP contribution is 2.40. The molecule has 0 saturated carbocycles. The van der Waals surface area contributed by atoms with Crippen LogP contribution in [-0.2, 0) is 30.6 Å². The summed E-state index contributed by atoms with van der Waals surface area (Å²) in [5.74, 6) is 5.59. The van der Waals surface area contributed by atoms with Gasteiger partial charge in [0.1, 0.15) is 23.4 Å². The van der Waals surface area contributed by atoms with Crippen molar-refractivity contribution in [3.05, 3.63) is 233 Å². The van der Waals surface area contributed by atoms with Gasteiger partial charge in [0, 0.05) is 79.4 Å². The number of hydrogen-bond acceptors (Lipinski definition) is 24. The summed E-state index contributed by atoms with van der Waals surface area (Å²) in [6, 6.07) is 54.3. The highest BCUT2D eigenvalue weighted by Gasteiger charge is 2.23. The number of nitro groups is 2. The topological polar surface area (TPSA) is 456 Å². The van der Waals surface area contributed by atoms with E-state index in [0.717, 1.165) is 74.5 Å². The SMILES string of the molecule is COc1ccc(C(=O)Nc2ccc(-c3nc4[nH+]cccc4[nH]3)cc2)c(OC)c1OC.COc1cccc(OC)c1OC.C[Si](C)(C)CCOC[n+]1c(-c2ccc(N)cc2)[nH]c2cccnc21.Nc1cccnc1N.O=C=O.O=C=O.O=[N+]([O-])c1ccc(-c2nc3ncccc3[nH]2)cc1.O=[N+]([O-])c1ccccc1. The van der Waals surface area contributed by atoms with E-state index < -0.39 is 17.9 Å². The number of ether oxygens (including phenoxy) is 7. The summed E-state index contributed by atoms with van der Waals surface area (Å²) in [5, 5.41) is 23.4. The van der Waals surface area contributed by atoms with E-state index in [0.29, 0.717) is 75.5 Å². The summed E-state index contributed by atoms with van der Waals surface area (Å²) in [6.45, 7) is 8.34. The molecule has 1 amide bonds. The largest absolute Gasteiger partial charge is 0.493 e. The molecule has 7 heterocycles. The molecule has 107 heavy (non-hydrogen) atoms. The predicted molar refractivity (Wildman–Crippen MR) is 401 cm³/mol. The van der Waals surface area contributed by atoms with E-state index in [9.17, 15) is 25.0 Å². The van der Waals surface area contributed by atoms with E-state index in [2.05, 4.69) is 74.4 Å². The Morgan fingerprint density at radius 3 is 1.60 bits per heavy atom. The van der Waals surface area contributed by atoms with E-state index in [4.69, 9.17) is 69.5 Å². The number of aromatic nitrogens is 10. The van der Waals surface area contributed by atoms with Crippen molar-refractivity contribution in [3.63, 3.8) is 0 Å². The highest BCUT2D eigenvalue weighted by molar-refractivity contribution is 6.76. The number of imidazole rings is 3. The first-order valence-corrected chi connectivity index (χ1v) is 35.6. The zero-order valence-electron chi connectivity index (χ0n) is 59.6. The van der Waals surface area contributed by atoms with Crippen molar-refractivity contribution < 1.29 is 76.5 Å². The fraction of sp³-hybridized carbons (Fsp3) is 0.162. The number of nitrogens with one attached hydrogen (secondary N) is 5. The Morgan fingerprint density at radius 1 is 0.542 bits per heavy atom. The molecule has 552 valence electrons. The van der Waals surface area contributed by atoms with E-state index in [-0.39, 0.29) is 29.6 Å². The van der Waals surface area contributed by atoms with Gasteiger partial charge in [0.15, 0.2) is 40.9 Å². The Labute approximate surface area is 613 Å². The molecule has 11 N–H and O–H groups in total. The molecule has 0 aliphatic heterocycles. The van der Waals surface area contributed by atoms with Gasteiger partial charge >= 0.3 is 23.6 Å². The number of amides is 1. The van der Waals surface area contributed by atoms with Crippen LogP contribution in [0.5, 0.6) is 34.5 Å². The fourth-order valence-electron chi connectivity index (χ4n) is 9.48. The maximum absolute atomic E-state index is 12.8. The summed E-state index contributed by atoms with van der Waals surface area (Å²) in [7, 11) is 8.19. The molecule has 0 aliphatic carbocycles. The molecule has 33 heteroatoms. The van der Waals surface area contributed by atoms with E-state index in [1.165, 1.54) is 45.6 Å². The Bertz CT molecular complexity index is 4950. The lowest BCUT2D eigenvalue weighted by molar-refractivity contribution is -0.700. The van der Waals surface area contributed by atoms with Crippen LogP contribution in [0.15, 0.2) is 207 Å². The van der Waals surface area contributed by atoms with Crippen LogP contribution in [0, 0.1) is 20.2 Å². The molecule has 13 aromatic rings. The Balaban J connectivity index is 0.000000209. The van der Waals surface area contributed by atoms with E-state index in [1.54, 1.807) is 88.3 Å². The molecule has 0 aliphatic rings. The molecule has 0 fully saturated rings. The number of nitrogens with zero attached hydrogens (tertiary/aromatic N) is 8. The number of carbonyl (C=O) groups is 1. The zero-order chi connectivity index (χ0) is 77.8. The molecule has 13 rings (SSSR count). The number of rotatable bonds is 18. The first-order valence-electron chi connectivity index (χ1n) is 31.9. The second-order valence-electron chi connectivity index (χ2n) is 22.9. The number of nitrogens with two attached hydrogens (primary N) is 3. The molecular formula is C74H78N16O16Si+2. The molecule has 0 atom stereocenters. The summed E-state index contributed by atoms with van der Waals surface area (Å²) in [6.07, 6.45) is 7.41. The third-order valence-electron chi connectivity index (χ3n) is 14.7. The van der Waals surface area contributed by atoms with Gasteiger partial charge in [0.2, 0.25) is 17.3 Å². The minimum atomic E-state index is -1.09. The summed E-state index contributed by atoms with van der Waals surface area (Å²) >= 11 is 0. The van der Waals surface area contributed by atoms with Crippen molar-refractivity contribution >= 4 is 94.0 Å². The molecule has 0 spiro atoms. The number of pyridine rings is 4. The van der Waals surface area contributed by atoms with Crippen molar-refractivity contribution in [1.29, 1.82) is 0 Å². The average Bonchev–Trinajstić information content (AvgIpc) is 1.69. The summed E-state index contributed by atoms with van der Waals surface area (Å²) in [4.78, 5) is 99.2. The van der Waals surface area contributed by atoms with Crippen LogP contribution in [-0.4, -0.2) is 125 Å². The quantitative estimate of drug-likeness (QED) is 0.0105. The second-order valence-corrected chi connectivity index (χ2v) is 28.5. The number of H-pyrrole nitrogens is 4. The number of para-hydroxylation sites is 2. The fourth-order valence-corrected chi connectivity index (χ4v) is 10.2. The van der Waals surface area contributed by atoms with Crippen LogP contribution in [0.1, 0.15) is 10.4 Å².